The Morgan fingerprint density at radius 1 is 1.32 bits per heavy atom. The molecule has 7 heteroatoms. The van der Waals surface area contributed by atoms with Crippen molar-refractivity contribution in [3.8, 4) is 0 Å². The van der Waals surface area contributed by atoms with Crippen LogP contribution < -0.4 is 5.32 Å². The maximum Gasteiger partial charge on any atom is 0.416 e. The maximum absolute atomic E-state index is 11.9. The predicted molar refractivity (Wildman–Crippen MR) is 61.2 cm³/mol. The quantitative estimate of drug-likeness (QED) is 0.822. The van der Waals surface area contributed by atoms with E-state index < -0.39 is 24.7 Å². The highest BCUT2D eigenvalue weighted by Crippen LogP contribution is 2.19. The molecule has 0 spiro atoms. The van der Waals surface area contributed by atoms with Crippen LogP contribution in [0.25, 0.3) is 0 Å². The van der Waals surface area contributed by atoms with Gasteiger partial charge >= 0.3 is 6.18 Å². The molecule has 1 atom stereocenters. The number of aliphatic hydroxyl groups is 1. The highest BCUT2D eigenvalue weighted by molar-refractivity contribution is 5.77. The first kappa shape index (κ1) is 15.5. The molecule has 4 nitrogen and oxygen atoms in total. The fourth-order valence-electron chi connectivity index (χ4n) is 1.21. The van der Waals surface area contributed by atoms with Crippen LogP contribution >= 0.6 is 0 Å². The minimum absolute atomic E-state index is 0.191. The van der Waals surface area contributed by atoms with Crippen LogP contribution in [0, 0.1) is 0 Å². The molecule has 106 valence electrons. The van der Waals surface area contributed by atoms with Crippen molar-refractivity contribution < 1.29 is 27.8 Å². The Morgan fingerprint density at radius 3 is 2.53 bits per heavy atom. The molecule has 0 radical (unpaired) electrons. The van der Waals surface area contributed by atoms with Crippen molar-refractivity contribution in [2.75, 3.05) is 13.2 Å². The zero-order valence-electron chi connectivity index (χ0n) is 9.98. The molecule has 0 saturated heterocycles. The van der Waals surface area contributed by atoms with Crippen LogP contribution in [0.2, 0.25) is 0 Å². The first-order valence-electron chi connectivity index (χ1n) is 5.52. The van der Waals surface area contributed by atoms with Gasteiger partial charge in [0.15, 0.2) is 6.10 Å². The summed E-state index contributed by atoms with van der Waals surface area (Å²) < 4.78 is 40.8. The van der Waals surface area contributed by atoms with Crippen molar-refractivity contribution in [1.82, 2.24) is 5.32 Å². The van der Waals surface area contributed by atoms with E-state index in [4.69, 9.17) is 9.84 Å². The van der Waals surface area contributed by atoms with Gasteiger partial charge in [-0.25, -0.2) is 0 Å². The predicted octanol–water partition coefficient (Wildman–Crippen LogP) is 1.24. The molecule has 0 aromatic heterocycles. The Hall–Kier alpha value is -1.60. The van der Waals surface area contributed by atoms with Crippen LogP contribution in [0.4, 0.5) is 13.2 Å². The summed E-state index contributed by atoms with van der Waals surface area (Å²) in [6.07, 6.45) is -7.30. The molecule has 0 aliphatic heterocycles. The fourth-order valence-corrected chi connectivity index (χ4v) is 1.21. The van der Waals surface area contributed by atoms with Crippen LogP contribution in [0.15, 0.2) is 30.3 Å². The van der Waals surface area contributed by atoms with E-state index in [0.29, 0.717) is 0 Å². The van der Waals surface area contributed by atoms with Crippen LogP contribution in [0.1, 0.15) is 5.56 Å². The molecule has 1 amide bonds. The zero-order valence-corrected chi connectivity index (χ0v) is 9.98. The average molecular weight is 277 g/mol. The van der Waals surface area contributed by atoms with Crippen LogP contribution in [0.3, 0.4) is 0 Å². The van der Waals surface area contributed by atoms with Crippen molar-refractivity contribution in [2.45, 2.75) is 18.9 Å². The normalized spacial score (nSPS) is 13.1. The average Bonchev–Trinajstić information content (AvgIpc) is 2.36. The molecular weight excluding hydrogens is 263 g/mol. The number of amides is 1. The van der Waals surface area contributed by atoms with Gasteiger partial charge in [-0.3, -0.25) is 4.79 Å². The highest BCUT2D eigenvalue weighted by atomic mass is 19.4. The van der Waals surface area contributed by atoms with Gasteiger partial charge in [-0.2, -0.15) is 13.2 Å². The van der Waals surface area contributed by atoms with E-state index >= 15 is 0 Å². The number of benzene rings is 1. The smallest absolute Gasteiger partial charge is 0.382 e. The standard InChI is InChI=1S/C12H14F3NO3/c13-12(14,15)10(17)6-16-11(18)8-19-7-9-4-2-1-3-5-9/h1-5,10,17H,6-8H2,(H,16,18). The summed E-state index contributed by atoms with van der Waals surface area (Å²) in [6, 6.07) is 9.03. The fraction of sp³-hybridized carbons (Fsp3) is 0.417. The van der Waals surface area contributed by atoms with Gasteiger partial charge in [-0.05, 0) is 5.56 Å². The van der Waals surface area contributed by atoms with Crippen LogP contribution in [-0.4, -0.2) is 36.4 Å². The van der Waals surface area contributed by atoms with E-state index in [-0.39, 0.29) is 13.2 Å². The minimum atomic E-state index is -4.74. The molecule has 0 aliphatic carbocycles. The number of aliphatic hydroxyl groups excluding tert-OH is 1. The SMILES string of the molecule is O=C(COCc1ccccc1)NCC(O)C(F)(F)F. The van der Waals surface area contributed by atoms with Gasteiger partial charge in [0, 0.05) is 0 Å². The lowest BCUT2D eigenvalue weighted by atomic mass is 10.2. The number of rotatable bonds is 6. The van der Waals surface area contributed by atoms with Gasteiger partial charge in [0.05, 0.1) is 13.2 Å². The molecule has 1 aromatic carbocycles. The van der Waals surface area contributed by atoms with Crippen LogP contribution in [0.5, 0.6) is 0 Å². The summed E-state index contributed by atoms with van der Waals surface area (Å²) in [7, 11) is 0. The number of halogens is 3. The van der Waals surface area contributed by atoms with E-state index in [1.54, 1.807) is 24.3 Å². The summed E-state index contributed by atoms with van der Waals surface area (Å²) in [5.74, 6) is -0.709. The van der Waals surface area contributed by atoms with Crippen molar-refractivity contribution >= 4 is 5.91 Å². The van der Waals surface area contributed by atoms with Gasteiger partial charge in [-0.1, -0.05) is 30.3 Å². The summed E-state index contributed by atoms with van der Waals surface area (Å²) in [5, 5.41) is 10.6. The van der Waals surface area contributed by atoms with Gasteiger partial charge in [0.25, 0.3) is 0 Å². The zero-order chi connectivity index (χ0) is 14.3. The van der Waals surface area contributed by atoms with Gasteiger partial charge in [-0.15, -0.1) is 0 Å². The molecule has 2 N–H and O–H groups in total. The Labute approximate surface area is 108 Å². The lowest BCUT2D eigenvalue weighted by Crippen LogP contribution is -2.41. The molecule has 0 bridgehead atoms. The molecule has 0 saturated carbocycles. The Kier molecular flexibility index (Phi) is 5.78. The largest absolute Gasteiger partial charge is 0.416 e. The third-order valence-electron chi connectivity index (χ3n) is 2.22. The Bertz CT molecular complexity index is 395. The summed E-state index contributed by atoms with van der Waals surface area (Å²) >= 11 is 0. The Morgan fingerprint density at radius 2 is 1.95 bits per heavy atom. The second-order valence-electron chi connectivity index (χ2n) is 3.84. The lowest BCUT2D eigenvalue weighted by Gasteiger charge is -2.14. The maximum atomic E-state index is 11.9. The van der Waals surface area contributed by atoms with Crippen LogP contribution in [-0.2, 0) is 16.1 Å². The molecule has 19 heavy (non-hydrogen) atoms. The molecule has 1 unspecified atom stereocenters. The summed E-state index contributed by atoms with van der Waals surface area (Å²) in [5.41, 5.74) is 0.852. The summed E-state index contributed by atoms with van der Waals surface area (Å²) in [6.45, 7) is -1.05. The molecule has 1 rings (SSSR count). The number of nitrogens with one attached hydrogen (secondary N) is 1. The first-order valence-corrected chi connectivity index (χ1v) is 5.52. The monoisotopic (exact) mass is 277 g/mol. The van der Waals surface area contributed by atoms with E-state index in [2.05, 4.69) is 0 Å². The van der Waals surface area contributed by atoms with E-state index in [9.17, 15) is 18.0 Å². The molecular formula is C12H14F3NO3. The lowest BCUT2D eigenvalue weighted by molar-refractivity contribution is -0.202. The first-order chi connectivity index (χ1) is 8.89. The van der Waals surface area contributed by atoms with E-state index in [0.717, 1.165) is 5.56 Å². The Balaban J connectivity index is 2.18. The van der Waals surface area contributed by atoms with E-state index in [1.807, 2.05) is 11.4 Å². The van der Waals surface area contributed by atoms with Gasteiger partial charge in [0.2, 0.25) is 5.91 Å². The second kappa shape index (κ2) is 7.10. The number of ether oxygens (including phenoxy) is 1. The number of carbonyl (C=O) groups excluding carboxylic acids is 1. The number of hydrogen-bond donors (Lipinski definition) is 2. The summed E-state index contributed by atoms with van der Waals surface area (Å²) in [4.78, 5) is 11.2. The number of carbonyl (C=O) groups is 1. The third kappa shape index (κ3) is 6.21. The second-order valence-corrected chi connectivity index (χ2v) is 3.84. The molecule has 0 aliphatic rings. The van der Waals surface area contributed by atoms with Crippen molar-refractivity contribution in [3.63, 3.8) is 0 Å². The van der Waals surface area contributed by atoms with Crippen molar-refractivity contribution in [1.29, 1.82) is 0 Å². The van der Waals surface area contributed by atoms with Gasteiger partial charge < -0.3 is 15.2 Å². The molecule has 0 fully saturated rings. The highest BCUT2D eigenvalue weighted by Gasteiger charge is 2.38. The van der Waals surface area contributed by atoms with E-state index in [1.165, 1.54) is 0 Å². The van der Waals surface area contributed by atoms with Gasteiger partial charge in [0.1, 0.15) is 6.61 Å². The molecule has 1 aromatic rings. The third-order valence-corrected chi connectivity index (χ3v) is 2.22. The number of alkyl halides is 3. The van der Waals surface area contributed by atoms with Crippen molar-refractivity contribution in [3.05, 3.63) is 35.9 Å². The number of hydrogen-bond acceptors (Lipinski definition) is 3. The molecule has 0 heterocycles. The van der Waals surface area contributed by atoms with Crippen molar-refractivity contribution in [2.24, 2.45) is 0 Å². The topological polar surface area (TPSA) is 58.6 Å². The minimum Gasteiger partial charge on any atom is -0.382 e.